The Morgan fingerprint density at radius 3 is 2.56 bits per heavy atom. The van der Waals surface area contributed by atoms with Crippen molar-refractivity contribution >= 4 is 18.0 Å². The second-order valence-electron chi connectivity index (χ2n) is 12.8. The van der Waals surface area contributed by atoms with Gasteiger partial charge in [-0.1, -0.05) is 45.1 Å². The molecule has 8 heteroatoms. The number of carbonyl (C=O) groups excluding carboxylic acids is 3. The maximum atomic E-state index is 13.9. The molecule has 3 fully saturated rings. The van der Waals surface area contributed by atoms with Crippen LogP contribution in [-0.4, -0.2) is 53.9 Å². The van der Waals surface area contributed by atoms with Crippen LogP contribution in [0, 0.1) is 33.5 Å². The number of ether oxygens (including phenoxy) is 3. The zero-order chi connectivity index (χ0) is 28.2. The van der Waals surface area contributed by atoms with Crippen molar-refractivity contribution in [2.24, 2.45) is 33.5 Å². The highest BCUT2D eigenvalue weighted by molar-refractivity contribution is 5.97. The molecular formula is C31H36O8. The number of fused-ring (bicyclic) bond motifs is 3. The summed E-state index contributed by atoms with van der Waals surface area (Å²) in [6.45, 7) is 11.4. The molecule has 1 saturated carbocycles. The van der Waals surface area contributed by atoms with Crippen molar-refractivity contribution in [3.63, 3.8) is 0 Å². The van der Waals surface area contributed by atoms with Crippen LogP contribution in [0.4, 0.5) is 0 Å². The molecule has 5 aliphatic rings. The van der Waals surface area contributed by atoms with Crippen LogP contribution in [0.25, 0.3) is 0 Å². The van der Waals surface area contributed by atoms with Crippen LogP contribution in [0.5, 0.6) is 0 Å². The van der Waals surface area contributed by atoms with Crippen LogP contribution in [0.2, 0.25) is 0 Å². The third-order valence-corrected chi connectivity index (χ3v) is 11.1. The molecule has 0 bridgehead atoms. The number of carbonyl (C=O) groups is 3. The number of hydrogen-bond acceptors (Lipinski definition) is 8. The molecular weight excluding hydrogens is 500 g/mol. The van der Waals surface area contributed by atoms with Gasteiger partial charge in [0.1, 0.15) is 18.0 Å². The van der Waals surface area contributed by atoms with Crippen molar-refractivity contribution in [1.29, 1.82) is 0 Å². The SMILES string of the molecule is C/C=C(\C)C(=O)O[C@@H]1C2OC[C@]3(C)C=CC(=O)[C@@](C)([C@@H]23)[C@@H]2[C@H](O)O[C@@]3(C=C[C@@H](c4ccoc4)[C@]3(C)C=O)[C@]12C. The van der Waals surface area contributed by atoms with E-state index in [1.54, 1.807) is 51.5 Å². The van der Waals surface area contributed by atoms with Crippen LogP contribution in [0.15, 0.2) is 59.0 Å². The van der Waals surface area contributed by atoms with Crippen LogP contribution in [0.1, 0.15) is 53.0 Å². The zero-order valence-corrected chi connectivity index (χ0v) is 23.2. The minimum Gasteiger partial charge on any atom is -0.472 e. The Kier molecular flexibility index (Phi) is 5.50. The Morgan fingerprint density at radius 1 is 1.18 bits per heavy atom. The Labute approximate surface area is 228 Å². The quantitative estimate of drug-likeness (QED) is 0.267. The molecule has 0 aromatic carbocycles. The van der Waals surface area contributed by atoms with E-state index < -0.39 is 63.6 Å². The highest BCUT2D eigenvalue weighted by Crippen LogP contribution is 2.75. The number of furan rings is 1. The average molecular weight is 537 g/mol. The van der Waals surface area contributed by atoms with E-state index in [4.69, 9.17) is 18.6 Å². The molecule has 6 rings (SSSR count). The van der Waals surface area contributed by atoms with Gasteiger partial charge in [-0.3, -0.25) is 4.79 Å². The van der Waals surface area contributed by atoms with Gasteiger partial charge in [0.2, 0.25) is 0 Å². The van der Waals surface area contributed by atoms with Crippen LogP contribution >= 0.6 is 0 Å². The Morgan fingerprint density at radius 2 is 1.92 bits per heavy atom. The third-order valence-electron chi connectivity index (χ3n) is 11.1. The van der Waals surface area contributed by atoms with Gasteiger partial charge in [0.25, 0.3) is 0 Å². The molecule has 1 N–H and O–H groups in total. The summed E-state index contributed by atoms with van der Waals surface area (Å²) in [5.41, 5.74) is -4.31. The molecule has 11 atom stereocenters. The number of ketones is 1. The second kappa shape index (κ2) is 8.12. The lowest BCUT2D eigenvalue weighted by Crippen LogP contribution is -2.72. The van der Waals surface area contributed by atoms with E-state index in [1.807, 2.05) is 39.0 Å². The molecule has 1 aromatic rings. The summed E-state index contributed by atoms with van der Waals surface area (Å²) in [6, 6.07) is 1.80. The molecule has 2 saturated heterocycles. The van der Waals surface area contributed by atoms with Crippen LogP contribution in [-0.2, 0) is 28.6 Å². The molecule has 1 spiro atoms. The summed E-state index contributed by atoms with van der Waals surface area (Å²) in [7, 11) is 0. The molecule has 208 valence electrons. The number of rotatable bonds is 4. The number of esters is 1. The molecule has 0 radical (unpaired) electrons. The van der Waals surface area contributed by atoms with Crippen LogP contribution < -0.4 is 0 Å². The van der Waals surface area contributed by atoms with Gasteiger partial charge in [-0.15, -0.1) is 0 Å². The van der Waals surface area contributed by atoms with Gasteiger partial charge in [0, 0.05) is 39.6 Å². The van der Waals surface area contributed by atoms with E-state index in [2.05, 4.69) is 0 Å². The molecule has 3 heterocycles. The first kappa shape index (κ1) is 26.4. The monoisotopic (exact) mass is 536 g/mol. The van der Waals surface area contributed by atoms with Crippen molar-refractivity contribution in [1.82, 2.24) is 0 Å². The van der Waals surface area contributed by atoms with E-state index in [0.29, 0.717) is 12.2 Å². The lowest BCUT2D eigenvalue weighted by Gasteiger charge is -2.62. The van der Waals surface area contributed by atoms with Gasteiger partial charge in [-0.2, -0.15) is 0 Å². The summed E-state index contributed by atoms with van der Waals surface area (Å²) < 4.78 is 24.7. The molecule has 2 aliphatic heterocycles. The van der Waals surface area contributed by atoms with E-state index in [0.717, 1.165) is 11.8 Å². The van der Waals surface area contributed by atoms with Crippen LogP contribution in [0.3, 0.4) is 0 Å². The van der Waals surface area contributed by atoms with Gasteiger partial charge in [-0.05, 0) is 38.5 Å². The molecule has 39 heavy (non-hydrogen) atoms. The van der Waals surface area contributed by atoms with Crippen molar-refractivity contribution in [3.8, 4) is 0 Å². The predicted octanol–water partition coefficient (Wildman–Crippen LogP) is 3.91. The minimum absolute atomic E-state index is 0.132. The summed E-state index contributed by atoms with van der Waals surface area (Å²) in [4.78, 5) is 40.4. The van der Waals surface area contributed by atoms with Gasteiger partial charge in [0.15, 0.2) is 12.1 Å². The Balaban J connectivity index is 1.61. The topological polar surface area (TPSA) is 112 Å². The van der Waals surface area contributed by atoms with Crippen molar-refractivity contribution in [3.05, 3.63) is 60.1 Å². The van der Waals surface area contributed by atoms with Gasteiger partial charge in [-0.25, -0.2) is 4.79 Å². The molecule has 0 amide bonds. The smallest absolute Gasteiger partial charge is 0.333 e. The Bertz CT molecular complexity index is 1330. The molecule has 3 aliphatic carbocycles. The summed E-state index contributed by atoms with van der Waals surface area (Å²) in [5.74, 6) is -2.27. The summed E-state index contributed by atoms with van der Waals surface area (Å²) >= 11 is 0. The van der Waals surface area contributed by atoms with Gasteiger partial charge >= 0.3 is 5.97 Å². The normalized spacial score (nSPS) is 49.8. The number of hydrogen-bond donors (Lipinski definition) is 1. The van der Waals surface area contributed by atoms with Gasteiger partial charge in [0.05, 0.1) is 30.7 Å². The summed E-state index contributed by atoms with van der Waals surface area (Å²) in [6.07, 6.45) is 9.89. The fourth-order valence-corrected chi connectivity index (χ4v) is 9.14. The first-order chi connectivity index (χ1) is 18.4. The third kappa shape index (κ3) is 2.87. The fraction of sp³-hybridized carbons (Fsp3) is 0.581. The number of allylic oxidation sites excluding steroid dienone is 3. The lowest BCUT2D eigenvalue weighted by molar-refractivity contribution is -0.228. The van der Waals surface area contributed by atoms with Crippen molar-refractivity contribution in [2.45, 2.75) is 71.6 Å². The van der Waals surface area contributed by atoms with Crippen molar-refractivity contribution in [2.75, 3.05) is 6.61 Å². The molecule has 1 aromatic heterocycles. The van der Waals surface area contributed by atoms with E-state index in [-0.39, 0.29) is 11.7 Å². The zero-order valence-electron chi connectivity index (χ0n) is 23.2. The van der Waals surface area contributed by atoms with Gasteiger partial charge < -0.3 is 28.5 Å². The fourth-order valence-electron chi connectivity index (χ4n) is 9.14. The maximum Gasteiger partial charge on any atom is 0.333 e. The first-order valence-electron chi connectivity index (χ1n) is 13.6. The largest absolute Gasteiger partial charge is 0.472 e. The second-order valence-corrected chi connectivity index (χ2v) is 12.8. The number of aliphatic hydroxyl groups is 1. The molecule has 1 unspecified atom stereocenters. The standard InChI is InChI=1S/C31H36O8/c1-7-17(2)25(34)38-24-21-22-27(3,16-37-21)11-9-20(33)29(22,5)23-26(35)39-31(30(23,24)6)12-8-19(28(31,4)15-32)18-10-13-36-14-18/h7-15,19,21-24,26,35H,16H2,1-6H3/b17-7+/t19-,21?,22-,23-,24+,26+,27-,28-,29-,30-,31+/m0/s1. The van der Waals surface area contributed by atoms with E-state index in [9.17, 15) is 19.5 Å². The summed E-state index contributed by atoms with van der Waals surface area (Å²) in [5, 5.41) is 11.8. The predicted molar refractivity (Wildman–Crippen MR) is 139 cm³/mol. The van der Waals surface area contributed by atoms with Crippen molar-refractivity contribution < 1.29 is 38.1 Å². The lowest BCUT2D eigenvalue weighted by atomic mass is 9.39. The van der Waals surface area contributed by atoms with E-state index >= 15 is 0 Å². The minimum atomic E-state index is -1.43. The highest BCUT2D eigenvalue weighted by atomic mass is 16.6. The molecule has 8 nitrogen and oxygen atoms in total. The maximum absolute atomic E-state index is 13.9. The Hall–Kier alpha value is -2.81. The first-order valence-corrected chi connectivity index (χ1v) is 13.6. The van der Waals surface area contributed by atoms with E-state index in [1.165, 1.54) is 0 Å². The number of aldehydes is 1. The average Bonchev–Trinajstić information content (AvgIpc) is 3.66. The number of aliphatic hydroxyl groups excluding tert-OH is 1. The highest BCUT2D eigenvalue weighted by Gasteiger charge is 2.84.